The molecule has 0 saturated heterocycles. The first kappa shape index (κ1) is 17.9. The van der Waals surface area contributed by atoms with Crippen molar-refractivity contribution in [3.05, 3.63) is 10.8 Å². The Morgan fingerprint density at radius 1 is 1.48 bits per heavy atom. The summed E-state index contributed by atoms with van der Waals surface area (Å²) in [6.45, 7) is 5.30. The van der Waals surface area contributed by atoms with Gasteiger partial charge in [0.1, 0.15) is 16.1 Å². The summed E-state index contributed by atoms with van der Waals surface area (Å²) in [7, 11) is -1.21. The quantitative estimate of drug-likeness (QED) is 0.789. The van der Waals surface area contributed by atoms with Crippen LogP contribution < -0.4 is 4.72 Å². The Hall–Kier alpha value is -1.12. The number of nitrogens with zero attached hydrogens (tertiary/aromatic N) is 2. The number of rotatable bonds is 6. The lowest BCUT2D eigenvalue weighted by atomic mass is 10.1. The van der Waals surface area contributed by atoms with Crippen molar-refractivity contribution in [1.29, 1.82) is 0 Å². The SMILES string of the molecule is COC(=O)[C@H](CC(C)C)NS(=O)(=O)c1c(C)nn(C)c1Cl. The first-order valence-corrected chi connectivity index (χ1v) is 8.25. The van der Waals surface area contributed by atoms with Crippen molar-refractivity contribution in [3.63, 3.8) is 0 Å². The minimum Gasteiger partial charge on any atom is -0.468 e. The number of sulfonamides is 1. The number of halogens is 1. The molecule has 0 amide bonds. The smallest absolute Gasteiger partial charge is 0.323 e. The summed E-state index contributed by atoms with van der Waals surface area (Å²) in [6, 6.07) is -0.962. The normalized spacial score (nSPS) is 13.5. The van der Waals surface area contributed by atoms with Crippen LogP contribution in [0.1, 0.15) is 26.0 Å². The monoisotopic (exact) mass is 337 g/mol. The van der Waals surface area contributed by atoms with Gasteiger partial charge in [0.25, 0.3) is 0 Å². The standard InChI is InChI=1S/C12H20ClN3O4S/c1-7(2)6-9(12(17)20-5)15-21(18,19)10-8(3)14-16(4)11(10)13/h7,9,15H,6H2,1-5H3/t9-/m0/s1. The fourth-order valence-corrected chi connectivity index (χ4v) is 3.92. The van der Waals surface area contributed by atoms with Gasteiger partial charge < -0.3 is 4.74 Å². The molecule has 0 aliphatic carbocycles. The molecule has 1 aromatic rings. The van der Waals surface area contributed by atoms with Crippen molar-refractivity contribution in [1.82, 2.24) is 14.5 Å². The van der Waals surface area contributed by atoms with E-state index in [4.69, 9.17) is 11.6 Å². The molecule has 7 nitrogen and oxygen atoms in total. The van der Waals surface area contributed by atoms with Crippen molar-refractivity contribution in [3.8, 4) is 0 Å². The Balaban J connectivity index is 3.14. The molecule has 1 atom stereocenters. The van der Waals surface area contributed by atoms with Crippen LogP contribution in [0, 0.1) is 12.8 Å². The molecule has 1 heterocycles. The highest BCUT2D eigenvalue weighted by molar-refractivity contribution is 7.89. The summed E-state index contributed by atoms with van der Waals surface area (Å²) in [5.74, 6) is -0.521. The number of ether oxygens (including phenoxy) is 1. The number of aromatic nitrogens is 2. The van der Waals surface area contributed by atoms with E-state index in [0.29, 0.717) is 6.42 Å². The van der Waals surface area contributed by atoms with Crippen LogP contribution in [-0.4, -0.2) is 37.3 Å². The number of carbonyl (C=O) groups is 1. The summed E-state index contributed by atoms with van der Waals surface area (Å²) < 4.78 is 33.1. The largest absolute Gasteiger partial charge is 0.468 e. The Labute approximate surface area is 129 Å². The molecular weight excluding hydrogens is 318 g/mol. The van der Waals surface area contributed by atoms with Gasteiger partial charge in [0, 0.05) is 7.05 Å². The van der Waals surface area contributed by atoms with Crippen LogP contribution in [0.2, 0.25) is 5.15 Å². The number of esters is 1. The first-order chi connectivity index (χ1) is 9.60. The fourth-order valence-electron chi connectivity index (χ4n) is 1.97. The number of aryl methyl sites for hydroxylation is 2. The summed E-state index contributed by atoms with van der Waals surface area (Å²) in [6.07, 6.45) is 0.322. The maximum atomic E-state index is 12.4. The average Bonchev–Trinajstić information content (AvgIpc) is 2.60. The van der Waals surface area contributed by atoms with E-state index < -0.39 is 22.0 Å². The third kappa shape index (κ3) is 4.18. The summed E-state index contributed by atoms with van der Waals surface area (Å²) in [5.41, 5.74) is 0.267. The molecule has 0 radical (unpaired) electrons. The van der Waals surface area contributed by atoms with Crippen LogP contribution in [0.5, 0.6) is 0 Å². The van der Waals surface area contributed by atoms with Gasteiger partial charge in [0.2, 0.25) is 10.0 Å². The van der Waals surface area contributed by atoms with Crippen molar-refractivity contribution in [2.24, 2.45) is 13.0 Å². The zero-order valence-electron chi connectivity index (χ0n) is 12.7. The Morgan fingerprint density at radius 2 is 2.05 bits per heavy atom. The van der Waals surface area contributed by atoms with Gasteiger partial charge in [0.05, 0.1) is 12.8 Å². The highest BCUT2D eigenvalue weighted by Crippen LogP contribution is 2.24. The molecule has 1 aromatic heterocycles. The van der Waals surface area contributed by atoms with E-state index in [1.807, 2.05) is 13.8 Å². The van der Waals surface area contributed by atoms with Gasteiger partial charge in [0.15, 0.2) is 0 Å². The lowest BCUT2D eigenvalue weighted by molar-refractivity contribution is -0.143. The Kier molecular flexibility index (Phi) is 5.77. The van der Waals surface area contributed by atoms with Crippen molar-refractivity contribution in [2.75, 3.05) is 7.11 Å². The van der Waals surface area contributed by atoms with Crippen molar-refractivity contribution >= 4 is 27.6 Å². The summed E-state index contributed by atoms with van der Waals surface area (Å²) in [4.78, 5) is 11.6. The Bertz CT molecular complexity index is 625. The predicted octanol–water partition coefficient (Wildman–Crippen LogP) is 1.25. The highest BCUT2D eigenvalue weighted by Gasteiger charge is 2.31. The molecule has 1 N–H and O–H groups in total. The van der Waals surface area contributed by atoms with Gasteiger partial charge in [-0.3, -0.25) is 9.48 Å². The van der Waals surface area contributed by atoms with E-state index in [0.717, 1.165) is 0 Å². The van der Waals surface area contributed by atoms with E-state index in [2.05, 4.69) is 14.6 Å². The fraction of sp³-hybridized carbons (Fsp3) is 0.667. The topological polar surface area (TPSA) is 90.3 Å². The Morgan fingerprint density at radius 3 is 2.43 bits per heavy atom. The minimum atomic E-state index is -3.97. The zero-order chi connectivity index (χ0) is 16.4. The molecular formula is C12H20ClN3O4S. The van der Waals surface area contributed by atoms with Gasteiger partial charge in [-0.05, 0) is 19.3 Å². The van der Waals surface area contributed by atoms with E-state index in [9.17, 15) is 13.2 Å². The number of hydrogen-bond acceptors (Lipinski definition) is 5. The van der Waals surface area contributed by atoms with Gasteiger partial charge in [-0.2, -0.15) is 9.82 Å². The number of hydrogen-bond donors (Lipinski definition) is 1. The zero-order valence-corrected chi connectivity index (χ0v) is 14.2. The maximum absolute atomic E-state index is 12.4. The van der Waals surface area contributed by atoms with Crippen LogP contribution in [0.3, 0.4) is 0 Å². The van der Waals surface area contributed by atoms with Gasteiger partial charge in [-0.25, -0.2) is 8.42 Å². The molecule has 0 spiro atoms. The second-order valence-electron chi connectivity index (χ2n) is 5.16. The van der Waals surface area contributed by atoms with Crippen LogP contribution in [0.15, 0.2) is 4.90 Å². The van der Waals surface area contributed by atoms with Gasteiger partial charge in [-0.1, -0.05) is 25.4 Å². The lowest BCUT2D eigenvalue weighted by Gasteiger charge is -2.18. The molecule has 1 rings (SSSR count). The van der Waals surface area contributed by atoms with E-state index >= 15 is 0 Å². The summed E-state index contributed by atoms with van der Waals surface area (Å²) in [5, 5.41) is 3.95. The maximum Gasteiger partial charge on any atom is 0.323 e. The highest BCUT2D eigenvalue weighted by atomic mass is 35.5. The molecule has 21 heavy (non-hydrogen) atoms. The van der Waals surface area contributed by atoms with Crippen LogP contribution >= 0.6 is 11.6 Å². The third-order valence-corrected chi connectivity index (χ3v) is 5.03. The van der Waals surface area contributed by atoms with E-state index in [1.54, 1.807) is 7.05 Å². The van der Waals surface area contributed by atoms with E-state index in [1.165, 1.54) is 18.7 Å². The second-order valence-corrected chi connectivity index (χ2v) is 7.16. The van der Waals surface area contributed by atoms with E-state index in [-0.39, 0.29) is 21.7 Å². The third-order valence-electron chi connectivity index (χ3n) is 2.86. The molecule has 0 aliphatic heterocycles. The van der Waals surface area contributed by atoms with Crippen LogP contribution in [0.4, 0.5) is 0 Å². The molecule has 0 bridgehead atoms. The molecule has 0 fully saturated rings. The predicted molar refractivity (Wildman–Crippen MR) is 78.5 cm³/mol. The second kappa shape index (κ2) is 6.76. The van der Waals surface area contributed by atoms with Crippen molar-refractivity contribution in [2.45, 2.75) is 38.1 Å². The minimum absolute atomic E-state index is 0.00633. The molecule has 0 aromatic carbocycles. The number of carbonyl (C=O) groups excluding carboxylic acids is 1. The van der Waals surface area contributed by atoms with Gasteiger partial charge in [-0.15, -0.1) is 0 Å². The van der Waals surface area contributed by atoms with Crippen LogP contribution in [-0.2, 0) is 26.6 Å². The molecule has 0 aliphatic rings. The molecule has 0 unspecified atom stereocenters. The molecule has 120 valence electrons. The first-order valence-electron chi connectivity index (χ1n) is 6.39. The summed E-state index contributed by atoms with van der Waals surface area (Å²) >= 11 is 5.97. The van der Waals surface area contributed by atoms with Gasteiger partial charge >= 0.3 is 5.97 Å². The molecule has 0 saturated carbocycles. The lowest BCUT2D eigenvalue weighted by Crippen LogP contribution is -2.42. The molecule has 9 heteroatoms. The van der Waals surface area contributed by atoms with Crippen LogP contribution in [0.25, 0.3) is 0 Å². The number of nitrogens with one attached hydrogen (secondary N) is 1. The average molecular weight is 338 g/mol. The number of methoxy groups -OCH3 is 1. The van der Waals surface area contributed by atoms with Crippen molar-refractivity contribution < 1.29 is 17.9 Å².